The Labute approximate surface area is 108 Å². The summed E-state index contributed by atoms with van der Waals surface area (Å²) in [6.07, 6.45) is 10.8. The summed E-state index contributed by atoms with van der Waals surface area (Å²) >= 11 is 0. The van der Waals surface area contributed by atoms with Crippen LogP contribution in [0.1, 0.15) is 26.7 Å². The molecule has 3 nitrogen and oxygen atoms in total. The van der Waals surface area contributed by atoms with E-state index in [0.29, 0.717) is 0 Å². The monoisotopic (exact) mass is 246 g/mol. The molecular formula is C15H22N2O. The number of hydrogen-bond acceptors (Lipinski definition) is 2. The van der Waals surface area contributed by atoms with Crippen molar-refractivity contribution < 1.29 is 5.11 Å². The Bertz CT molecular complexity index is 523. The Hall–Kier alpha value is -1.61. The maximum atomic E-state index is 8.97. The van der Waals surface area contributed by atoms with Gasteiger partial charge in [-0.1, -0.05) is 25.3 Å². The first kappa shape index (κ1) is 14.5. The van der Waals surface area contributed by atoms with Crippen molar-refractivity contribution in [3.05, 3.63) is 42.3 Å². The lowest BCUT2D eigenvalue weighted by molar-refractivity contribution is 0.239. The molecule has 0 aromatic carbocycles. The van der Waals surface area contributed by atoms with Crippen molar-refractivity contribution in [1.82, 2.24) is 9.55 Å². The van der Waals surface area contributed by atoms with Gasteiger partial charge in [-0.15, -0.1) is 0 Å². The minimum absolute atomic E-state index is 0.0855. The molecule has 0 radical (unpaired) electrons. The molecule has 0 aliphatic heterocycles. The molecule has 3 heteroatoms. The molecule has 0 aliphatic rings. The van der Waals surface area contributed by atoms with Crippen LogP contribution in [0.2, 0.25) is 0 Å². The number of allylic oxidation sites excluding steroid dienone is 2. The van der Waals surface area contributed by atoms with E-state index in [9.17, 15) is 0 Å². The van der Waals surface area contributed by atoms with Gasteiger partial charge >= 0.3 is 0 Å². The zero-order valence-electron chi connectivity index (χ0n) is 11.3. The van der Waals surface area contributed by atoms with Gasteiger partial charge < -0.3 is 9.67 Å². The summed E-state index contributed by atoms with van der Waals surface area (Å²) in [5.41, 5.74) is -0.0855. The van der Waals surface area contributed by atoms with Crippen molar-refractivity contribution in [2.24, 2.45) is 0 Å². The first-order valence-corrected chi connectivity index (χ1v) is 6.17. The predicted molar refractivity (Wildman–Crippen MR) is 76.4 cm³/mol. The van der Waals surface area contributed by atoms with Gasteiger partial charge in [0.15, 0.2) is 0 Å². The van der Waals surface area contributed by atoms with Gasteiger partial charge in [0.1, 0.15) is 0 Å². The van der Waals surface area contributed by atoms with E-state index in [4.69, 9.17) is 5.11 Å². The van der Waals surface area contributed by atoms with Crippen LogP contribution in [0.25, 0.3) is 12.2 Å². The lowest BCUT2D eigenvalue weighted by atomic mass is 9.98. The highest BCUT2D eigenvalue weighted by Crippen LogP contribution is 2.18. The lowest BCUT2D eigenvalue weighted by Crippen LogP contribution is -2.39. The van der Waals surface area contributed by atoms with Crippen LogP contribution in [0.3, 0.4) is 0 Å². The first-order chi connectivity index (χ1) is 8.56. The van der Waals surface area contributed by atoms with Crippen molar-refractivity contribution in [2.75, 3.05) is 6.61 Å². The van der Waals surface area contributed by atoms with Crippen molar-refractivity contribution in [2.45, 2.75) is 32.2 Å². The fraction of sp³-hybridized carbons (Fsp3) is 0.400. The predicted octanol–water partition coefficient (Wildman–Crippen LogP) is 1.32. The Balaban J connectivity index is 3.33. The number of imidazole rings is 1. The molecule has 0 amide bonds. The highest BCUT2D eigenvalue weighted by Gasteiger charge is 2.20. The molecule has 0 atom stereocenters. The average molecular weight is 246 g/mol. The SMILES string of the molecule is C=C/C=c1/ncn(C(C)(C)CCCO)/c1=C/C=C. The highest BCUT2D eigenvalue weighted by molar-refractivity contribution is 5.38. The van der Waals surface area contributed by atoms with Gasteiger partial charge in [-0.3, -0.25) is 0 Å². The zero-order valence-corrected chi connectivity index (χ0v) is 11.3. The largest absolute Gasteiger partial charge is 0.396 e. The number of hydrogen-bond donors (Lipinski definition) is 1. The highest BCUT2D eigenvalue weighted by atomic mass is 16.2. The molecule has 0 saturated carbocycles. The summed E-state index contributed by atoms with van der Waals surface area (Å²) in [7, 11) is 0. The average Bonchev–Trinajstić information content (AvgIpc) is 2.72. The molecule has 98 valence electrons. The molecule has 18 heavy (non-hydrogen) atoms. The third kappa shape index (κ3) is 3.20. The van der Waals surface area contributed by atoms with E-state index in [2.05, 4.69) is 36.6 Å². The van der Waals surface area contributed by atoms with Gasteiger partial charge in [0.25, 0.3) is 0 Å². The van der Waals surface area contributed by atoms with Crippen molar-refractivity contribution >= 4 is 12.2 Å². The minimum Gasteiger partial charge on any atom is -0.396 e. The Morgan fingerprint density at radius 3 is 2.56 bits per heavy atom. The van der Waals surface area contributed by atoms with Crippen LogP contribution in [0.15, 0.2) is 31.6 Å². The lowest BCUT2D eigenvalue weighted by Gasteiger charge is -2.26. The maximum Gasteiger partial charge on any atom is 0.0963 e. The summed E-state index contributed by atoms with van der Waals surface area (Å²) in [5, 5.41) is 10.9. The van der Waals surface area contributed by atoms with Crippen molar-refractivity contribution in [1.29, 1.82) is 0 Å². The van der Waals surface area contributed by atoms with Crippen LogP contribution in [-0.4, -0.2) is 21.3 Å². The van der Waals surface area contributed by atoms with Crippen LogP contribution in [0.5, 0.6) is 0 Å². The van der Waals surface area contributed by atoms with Crippen LogP contribution < -0.4 is 10.7 Å². The molecule has 1 aromatic heterocycles. The zero-order chi connectivity index (χ0) is 13.6. The molecule has 1 rings (SSSR count). The fourth-order valence-electron chi connectivity index (χ4n) is 2.00. The third-order valence-corrected chi connectivity index (χ3v) is 2.98. The van der Waals surface area contributed by atoms with E-state index in [0.717, 1.165) is 23.5 Å². The quantitative estimate of drug-likeness (QED) is 0.822. The van der Waals surface area contributed by atoms with E-state index in [1.165, 1.54) is 0 Å². The smallest absolute Gasteiger partial charge is 0.0963 e. The molecular weight excluding hydrogens is 224 g/mol. The van der Waals surface area contributed by atoms with E-state index in [1.807, 2.05) is 18.5 Å². The number of aliphatic hydroxyl groups excluding tert-OH is 1. The Morgan fingerprint density at radius 1 is 1.33 bits per heavy atom. The van der Waals surface area contributed by atoms with Gasteiger partial charge in [0.05, 0.1) is 17.0 Å². The Morgan fingerprint density at radius 2 is 2.00 bits per heavy atom. The van der Waals surface area contributed by atoms with Gasteiger partial charge in [-0.2, -0.15) is 0 Å². The third-order valence-electron chi connectivity index (χ3n) is 2.98. The summed E-state index contributed by atoms with van der Waals surface area (Å²) in [5.74, 6) is 0. The molecule has 0 bridgehead atoms. The Kier molecular flexibility index (Phi) is 5.10. The topological polar surface area (TPSA) is 38.0 Å². The van der Waals surface area contributed by atoms with E-state index in [1.54, 1.807) is 12.2 Å². The number of rotatable bonds is 6. The van der Waals surface area contributed by atoms with Crippen molar-refractivity contribution in [3.8, 4) is 0 Å². The molecule has 0 saturated heterocycles. The number of aliphatic hydroxyl groups is 1. The van der Waals surface area contributed by atoms with Gasteiger partial charge in [-0.05, 0) is 38.8 Å². The second kappa shape index (κ2) is 6.36. The summed E-state index contributed by atoms with van der Waals surface area (Å²) in [6.45, 7) is 11.9. The second-order valence-electron chi connectivity index (χ2n) is 4.83. The first-order valence-electron chi connectivity index (χ1n) is 6.17. The van der Waals surface area contributed by atoms with Crippen molar-refractivity contribution in [3.63, 3.8) is 0 Å². The minimum atomic E-state index is -0.0855. The summed E-state index contributed by atoms with van der Waals surface area (Å²) in [6, 6.07) is 0. The molecule has 0 spiro atoms. The normalized spacial score (nSPS) is 13.9. The van der Waals surface area contributed by atoms with Crippen LogP contribution in [0, 0.1) is 0 Å². The van der Waals surface area contributed by atoms with Gasteiger partial charge in [0, 0.05) is 12.1 Å². The van der Waals surface area contributed by atoms with Crippen LogP contribution in [0.4, 0.5) is 0 Å². The maximum absolute atomic E-state index is 8.97. The molecule has 1 N–H and O–H groups in total. The van der Waals surface area contributed by atoms with Crippen LogP contribution >= 0.6 is 0 Å². The standard InChI is InChI=1S/C15H22N2O/c1-5-8-13-14(9-6-2)17(12-16-13)15(3,4)10-7-11-18/h5-6,8-9,12,18H,1-2,7,10-11H2,3-4H3/b13-8+,14-9+. The summed E-state index contributed by atoms with van der Waals surface area (Å²) < 4.78 is 2.12. The fourth-order valence-corrected chi connectivity index (χ4v) is 2.00. The number of nitrogens with zero attached hydrogens (tertiary/aromatic N) is 2. The molecule has 0 aliphatic carbocycles. The summed E-state index contributed by atoms with van der Waals surface area (Å²) in [4.78, 5) is 4.39. The molecule has 1 aromatic rings. The van der Waals surface area contributed by atoms with E-state index in [-0.39, 0.29) is 12.1 Å². The number of aromatic nitrogens is 2. The second-order valence-corrected chi connectivity index (χ2v) is 4.83. The van der Waals surface area contributed by atoms with Gasteiger partial charge in [-0.25, -0.2) is 4.98 Å². The molecule has 0 unspecified atom stereocenters. The molecule has 1 heterocycles. The van der Waals surface area contributed by atoms with Crippen LogP contribution in [-0.2, 0) is 5.54 Å². The van der Waals surface area contributed by atoms with E-state index >= 15 is 0 Å². The molecule has 0 fully saturated rings. The van der Waals surface area contributed by atoms with E-state index < -0.39 is 0 Å². The van der Waals surface area contributed by atoms with Gasteiger partial charge in [0.2, 0.25) is 0 Å².